The Morgan fingerprint density at radius 2 is 2.05 bits per heavy atom. The third-order valence-electron chi connectivity index (χ3n) is 6.82. The number of amides is 3. The number of halogens is 3. The number of nitrogens with two attached hydrogens (primary N) is 1. The van der Waals surface area contributed by atoms with Gasteiger partial charge in [0.25, 0.3) is 5.91 Å². The smallest absolute Gasteiger partial charge is 0.410 e. The lowest BCUT2D eigenvalue weighted by Gasteiger charge is -2.33. The van der Waals surface area contributed by atoms with Gasteiger partial charge in [0.05, 0.1) is 25.3 Å². The number of ether oxygens (including phenoxy) is 3. The van der Waals surface area contributed by atoms with Crippen molar-refractivity contribution in [3.05, 3.63) is 58.9 Å². The van der Waals surface area contributed by atoms with Crippen LogP contribution < -0.4 is 20.5 Å². The van der Waals surface area contributed by atoms with E-state index in [1.165, 1.54) is 12.3 Å². The molecule has 2 atom stereocenters. The molecule has 3 aromatic rings. The number of hydrogen-bond donors (Lipinski definition) is 2. The first-order chi connectivity index (χ1) is 20.2. The average molecular weight is 605 g/mol. The number of primary amides is 1. The van der Waals surface area contributed by atoms with Crippen LogP contribution in [0.1, 0.15) is 41.7 Å². The average Bonchev–Trinajstić information content (AvgIpc) is 3.60. The SMILES string of the molecule is NC(=O)CCOc1nc(-c2cnn(C(F)F)c2)c(O[C@H]2CCN3C(=O)OC[C@@H]3C2)cc1C(=O)NCc1ccc(Cl)cc1. The third kappa shape index (κ3) is 6.70. The van der Waals surface area contributed by atoms with Crippen LogP contribution in [0.2, 0.25) is 5.02 Å². The fourth-order valence-electron chi connectivity index (χ4n) is 4.69. The summed E-state index contributed by atoms with van der Waals surface area (Å²) in [4.78, 5) is 42.8. The molecule has 1 aromatic carbocycles. The van der Waals surface area contributed by atoms with E-state index in [1.54, 1.807) is 29.2 Å². The highest BCUT2D eigenvalue weighted by molar-refractivity contribution is 6.30. The number of piperidine rings is 1. The Morgan fingerprint density at radius 1 is 1.26 bits per heavy atom. The number of alkyl halides is 2. The summed E-state index contributed by atoms with van der Waals surface area (Å²) in [7, 11) is 0. The number of fused-ring (bicyclic) bond motifs is 1. The van der Waals surface area contributed by atoms with Gasteiger partial charge in [-0.25, -0.2) is 14.5 Å². The van der Waals surface area contributed by atoms with E-state index in [0.29, 0.717) is 29.1 Å². The first-order valence-corrected chi connectivity index (χ1v) is 13.5. The minimum atomic E-state index is -2.89. The van der Waals surface area contributed by atoms with E-state index in [4.69, 9.17) is 31.5 Å². The summed E-state index contributed by atoms with van der Waals surface area (Å²) in [5, 5.41) is 7.03. The molecule has 2 aromatic heterocycles. The largest absolute Gasteiger partial charge is 0.488 e. The van der Waals surface area contributed by atoms with E-state index in [-0.39, 0.29) is 66.8 Å². The summed E-state index contributed by atoms with van der Waals surface area (Å²) in [5.74, 6) is -1.20. The van der Waals surface area contributed by atoms with Crippen molar-refractivity contribution in [1.82, 2.24) is 25.0 Å². The second-order valence-corrected chi connectivity index (χ2v) is 10.2. The van der Waals surface area contributed by atoms with Gasteiger partial charge in [-0.15, -0.1) is 0 Å². The normalized spacial score (nSPS) is 18.0. The molecule has 0 radical (unpaired) electrons. The Labute approximate surface area is 243 Å². The van der Waals surface area contributed by atoms with Crippen LogP contribution in [0.15, 0.2) is 42.7 Å². The highest BCUT2D eigenvalue weighted by atomic mass is 35.5. The number of carbonyl (C=O) groups excluding carboxylic acids is 3. The van der Waals surface area contributed by atoms with Gasteiger partial charge in [-0.1, -0.05) is 23.7 Å². The summed E-state index contributed by atoms with van der Waals surface area (Å²) >= 11 is 5.95. The maximum absolute atomic E-state index is 13.4. The van der Waals surface area contributed by atoms with Gasteiger partial charge >= 0.3 is 12.6 Å². The van der Waals surface area contributed by atoms with Gasteiger partial charge in [0, 0.05) is 48.8 Å². The molecule has 2 saturated heterocycles. The van der Waals surface area contributed by atoms with Gasteiger partial charge in [-0.05, 0) is 17.7 Å². The molecule has 0 spiro atoms. The van der Waals surface area contributed by atoms with Crippen molar-refractivity contribution < 1.29 is 37.4 Å². The number of cyclic esters (lactones) is 1. The molecule has 2 aliphatic heterocycles. The van der Waals surface area contributed by atoms with Gasteiger partial charge in [-0.3, -0.25) is 9.59 Å². The van der Waals surface area contributed by atoms with Crippen LogP contribution in [-0.2, 0) is 16.1 Å². The number of nitrogens with zero attached hydrogens (tertiary/aromatic N) is 4. The van der Waals surface area contributed by atoms with Crippen molar-refractivity contribution in [3.63, 3.8) is 0 Å². The minimum absolute atomic E-state index is 0.00903. The highest BCUT2D eigenvalue weighted by Gasteiger charge is 2.39. The molecule has 0 bridgehead atoms. The first-order valence-electron chi connectivity index (χ1n) is 13.1. The van der Waals surface area contributed by atoms with Crippen molar-refractivity contribution in [2.75, 3.05) is 19.8 Å². The van der Waals surface area contributed by atoms with Crippen LogP contribution >= 0.6 is 11.6 Å². The number of rotatable bonds is 11. The van der Waals surface area contributed by atoms with E-state index in [0.717, 1.165) is 11.8 Å². The zero-order valence-electron chi connectivity index (χ0n) is 22.2. The lowest BCUT2D eigenvalue weighted by atomic mass is 10.0. The molecule has 2 fully saturated rings. The Balaban J connectivity index is 1.48. The van der Waals surface area contributed by atoms with Crippen LogP contribution in [0.4, 0.5) is 13.6 Å². The molecule has 0 saturated carbocycles. The molecule has 0 unspecified atom stereocenters. The Bertz CT molecular complexity index is 1470. The number of benzene rings is 1. The van der Waals surface area contributed by atoms with Crippen molar-refractivity contribution >= 4 is 29.5 Å². The van der Waals surface area contributed by atoms with Crippen LogP contribution in [0.5, 0.6) is 11.6 Å². The first kappa shape index (κ1) is 29.0. The number of carbonyl (C=O) groups is 3. The molecule has 15 heteroatoms. The van der Waals surface area contributed by atoms with Crippen LogP contribution in [-0.4, -0.2) is 69.5 Å². The highest BCUT2D eigenvalue weighted by Crippen LogP contribution is 2.36. The quantitative estimate of drug-likeness (QED) is 0.337. The van der Waals surface area contributed by atoms with Crippen LogP contribution in [0.25, 0.3) is 11.3 Å². The molecule has 4 heterocycles. The number of hydrogen-bond acceptors (Lipinski definition) is 8. The molecule has 0 aliphatic carbocycles. The molecule has 2 aliphatic rings. The molecular formula is C27H27ClF2N6O6. The fraction of sp³-hybridized carbons (Fsp3) is 0.370. The standard InChI is InChI=1S/C27H27ClF2N6O6/c28-17-3-1-15(2-4-17)11-32-24(38)20-10-21(42-19-5-7-35-18(9-19)14-41-27(35)39)23(16-12-33-36(13-16)26(29)30)34-25(20)40-8-6-22(31)37/h1-4,10,12-13,18-19,26H,5-9,11,14H2,(H2,31,37)(H,32,38)/t18-,19-/m0/s1. The summed E-state index contributed by atoms with van der Waals surface area (Å²) in [6, 6.07) is 8.14. The van der Waals surface area contributed by atoms with Gasteiger partial charge in [0.15, 0.2) is 0 Å². The van der Waals surface area contributed by atoms with Gasteiger partial charge in [0.2, 0.25) is 11.8 Å². The maximum atomic E-state index is 13.4. The summed E-state index contributed by atoms with van der Waals surface area (Å²) in [6.07, 6.45) is 2.30. The topological polar surface area (TPSA) is 151 Å². The summed E-state index contributed by atoms with van der Waals surface area (Å²) in [6.45, 7) is -2.27. The Morgan fingerprint density at radius 3 is 2.76 bits per heavy atom. The number of nitrogens with one attached hydrogen (secondary N) is 1. The molecule has 5 rings (SSSR count). The second-order valence-electron chi connectivity index (χ2n) is 9.74. The minimum Gasteiger partial charge on any atom is -0.488 e. The van der Waals surface area contributed by atoms with Crippen molar-refractivity contribution in [2.24, 2.45) is 5.73 Å². The van der Waals surface area contributed by atoms with Crippen LogP contribution in [0, 0.1) is 0 Å². The second kappa shape index (κ2) is 12.6. The number of pyridine rings is 1. The zero-order valence-corrected chi connectivity index (χ0v) is 22.9. The van der Waals surface area contributed by atoms with Crippen LogP contribution in [0.3, 0.4) is 0 Å². The lowest BCUT2D eigenvalue weighted by molar-refractivity contribution is -0.118. The molecule has 42 heavy (non-hydrogen) atoms. The van der Waals surface area contributed by atoms with E-state index >= 15 is 0 Å². The predicted octanol–water partition coefficient (Wildman–Crippen LogP) is 3.54. The van der Waals surface area contributed by atoms with Gasteiger partial charge < -0.3 is 30.2 Å². The van der Waals surface area contributed by atoms with Crippen molar-refractivity contribution in [3.8, 4) is 22.9 Å². The van der Waals surface area contributed by atoms with E-state index in [2.05, 4.69) is 15.4 Å². The molecular weight excluding hydrogens is 578 g/mol. The van der Waals surface area contributed by atoms with E-state index in [9.17, 15) is 23.2 Å². The van der Waals surface area contributed by atoms with E-state index < -0.39 is 24.5 Å². The lowest BCUT2D eigenvalue weighted by Crippen LogP contribution is -2.44. The van der Waals surface area contributed by atoms with Gasteiger partial charge in [0.1, 0.15) is 29.7 Å². The number of aromatic nitrogens is 3. The molecule has 222 valence electrons. The fourth-order valence-corrected chi connectivity index (χ4v) is 4.82. The summed E-state index contributed by atoms with van der Waals surface area (Å²) in [5.41, 5.74) is 6.31. The third-order valence-corrected chi connectivity index (χ3v) is 7.07. The maximum Gasteiger partial charge on any atom is 0.410 e. The molecule has 3 N–H and O–H groups in total. The van der Waals surface area contributed by atoms with E-state index in [1.807, 2.05) is 0 Å². The zero-order chi connectivity index (χ0) is 29.8. The predicted molar refractivity (Wildman–Crippen MR) is 144 cm³/mol. The Kier molecular flexibility index (Phi) is 8.71. The Hall–Kier alpha value is -4.46. The summed E-state index contributed by atoms with van der Waals surface area (Å²) < 4.78 is 44.3. The molecule has 12 nitrogen and oxygen atoms in total. The van der Waals surface area contributed by atoms with Crippen molar-refractivity contribution in [1.29, 1.82) is 0 Å². The van der Waals surface area contributed by atoms with Gasteiger partial charge in [-0.2, -0.15) is 13.9 Å². The molecule has 3 amide bonds. The monoisotopic (exact) mass is 604 g/mol. The van der Waals surface area contributed by atoms with Crippen molar-refractivity contribution in [2.45, 2.75) is 44.5 Å².